The largest absolute Gasteiger partial charge is 0.508 e. The molecule has 0 heterocycles. The SMILES string of the molecule is N#CC(=Cc1ccc(O)cc1)C(O)C#N. The molecule has 0 aliphatic heterocycles. The molecule has 2 N–H and O–H groups in total. The van der Waals surface area contributed by atoms with Gasteiger partial charge in [-0.05, 0) is 23.8 Å². The number of aliphatic hydroxyl groups excluding tert-OH is 1. The van der Waals surface area contributed by atoms with Crippen molar-refractivity contribution in [3.8, 4) is 17.9 Å². The fourth-order valence-electron chi connectivity index (χ4n) is 0.992. The molecule has 0 aliphatic rings. The molecule has 1 aromatic carbocycles. The predicted octanol–water partition coefficient (Wildman–Crippen LogP) is 1.18. The number of hydrogen-bond acceptors (Lipinski definition) is 4. The van der Waals surface area contributed by atoms with Gasteiger partial charge >= 0.3 is 0 Å². The predicted molar refractivity (Wildman–Crippen MR) is 53.3 cm³/mol. The molecule has 4 nitrogen and oxygen atoms in total. The lowest BCUT2D eigenvalue weighted by Crippen LogP contribution is -2.04. The Bertz CT molecular complexity index is 449. The van der Waals surface area contributed by atoms with Crippen molar-refractivity contribution in [3.05, 3.63) is 35.4 Å². The van der Waals surface area contributed by atoms with Crippen molar-refractivity contribution >= 4 is 6.08 Å². The van der Waals surface area contributed by atoms with Gasteiger partial charge in [-0.15, -0.1) is 0 Å². The second-order valence-electron chi connectivity index (χ2n) is 2.83. The molecule has 1 atom stereocenters. The van der Waals surface area contributed by atoms with Crippen LogP contribution in [0.15, 0.2) is 29.8 Å². The van der Waals surface area contributed by atoms with E-state index in [0.717, 1.165) is 0 Å². The summed E-state index contributed by atoms with van der Waals surface area (Å²) >= 11 is 0. The third kappa shape index (κ3) is 2.84. The van der Waals surface area contributed by atoms with Crippen LogP contribution in [0.2, 0.25) is 0 Å². The van der Waals surface area contributed by atoms with E-state index >= 15 is 0 Å². The van der Waals surface area contributed by atoms with Gasteiger partial charge in [0.15, 0.2) is 6.10 Å². The topological polar surface area (TPSA) is 88.0 Å². The second-order valence-corrected chi connectivity index (χ2v) is 2.83. The molecular weight excluding hydrogens is 192 g/mol. The second kappa shape index (κ2) is 4.80. The molecule has 15 heavy (non-hydrogen) atoms. The zero-order valence-corrected chi connectivity index (χ0v) is 7.75. The molecular formula is C11H8N2O2. The average molecular weight is 200 g/mol. The van der Waals surface area contributed by atoms with E-state index < -0.39 is 6.10 Å². The van der Waals surface area contributed by atoms with Crippen molar-refractivity contribution in [3.63, 3.8) is 0 Å². The first kappa shape index (κ1) is 10.8. The number of aromatic hydroxyl groups is 1. The van der Waals surface area contributed by atoms with Gasteiger partial charge in [0.25, 0.3) is 0 Å². The number of phenolic OH excluding ortho intramolecular Hbond substituents is 1. The van der Waals surface area contributed by atoms with E-state index in [1.807, 2.05) is 0 Å². The number of phenols is 1. The molecule has 4 heteroatoms. The monoisotopic (exact) mass is 200 g/mol. The highest BCUT2D eigenvalue weighted by Gasteiger charge is 2.08. The summed E-state index contributed by atoms with van der Waals surface area (Å²) in [5, 5.41) is 35.2. The summed E-state index contributed by atoms with van der Waals surface area (Å²) in [7, 11) is 0. The van der Waals surface area contributed by atoms with Crippen molar-refractivity contribution in [2.75, 3.05) is 0 Å². The van der Waals surface area contributed by atoms with Gasteiger partial charge in [0, 0.05) is 0 Å². The minimum atomic E-state index is -1.41. The first-order chi connectivity index (χ1) is 7.17. The van der Waals surface area contributed by atoms with Crippen LogP contribution in [0.1, 0.15) is 5.56 Å². The molecule has 1 aromatic rings. The van der Waals surface area contributed by atoms with Gasteiger partial charge in [0.05, 0.1) is 17.7 Å². The summed E-state index contributed by atoms with van der Waals surface area (Å²) in [6.07, 6.45) is -0.0170. The minimum absolute atomic E-state index is 0.0248. The third-order valence-electron chi connectivity index (χ3n) is 1.76. The van der Waals surface area contributed by atoms with Crippen LogP contribution in [0.4, 0.5) is 0 Å². The van der Waals surface area contributed by atoms with Crippen LogP contribution >= 0.6 is 0 Å². The van der Waals surface area contributed by atoms with Gasteiger partial charge in [-0.1, -0.05) is 12.1 Å². The maximum atomic E-state index is 9.13. The van der Waals surface area contributed by atoms with Crippen LogP contribution < -0.4 is 0 Å². The molecule has 1 rings (SSSR count). The van der Waals surface area contributed by atoms with E-state index in [9.17, 15) is 0 Å². The fourth-order valence-corrected chi connectivity index (χ4v) is 0.992. The standard InChI is InChI=1S/C11H8N2O2/c12-6-9(11(15)7-13)5-8-1-3-10(14)4-2-8/h1-5,11,14-15H. The summed E-state index contributed by atoms with van der Waals surface area (Å²) in [5.74, 6) is 0.117. The number of aliphatic hydroxyl groups is 1. The number of nitrogens with zero attached hydrogens (tertiary/aromatic N) is 2. The highest BCUT2D eigenvalue weighted by molar-refractivity contribution is 5.59. The van der Waals surface area contributed by atoms with Crippen LogP contribution in [0, 0.1) is 22.7 Å². The van der Waals surface area contributed by atoms with Crippen LogP contribution in [0.5, 0.6) is 5.75 Å². The smallest absolute Gasteiger partial charge is 0.175 e. The number of benzene rings is 1. The summed E-state index contributed by atoms with van der Waals surface area (Å²) in [6.45, 7) is 0. The van der Waals surface area contributed by atoms with Crippen LogP contribution in [-0.2, 0) is 0 Å². The number of rotatable bonds is 2. The Morgan fingerprint density at radius 2 is 1.87 bits per heavy atom. The molecule has 0 radical (unpaired) electrons. The molecule has 0 saturated carbocycles. The Kier molecular flexibility index (Phi) is 3.45. The molecule has 0 fully saturated rings. The van der Waals surface area contributed by atoms with Gasteiger partial charge in [-0.3, -0.25) is 0 Å². The highest BCUT2D eigenvalue weighted by atomic mass is 16.3. The molecule has 0 spiro atoms. The lowest BCUT2D eigenvalue weighted by atomic mass is 10.1. The van der Waals surface area contributed by atoms with E-state index in [2.05, 4.69) is 0 Å². The third-order valence-corrected chi connectivity index (χ3v) is 1.76. The van der Waals surface area contributed by atoms with Crippen molar-refractivity contribution < 1.29 is 10.2 Å². The Morgan fingerprint density at radius 1 is 1.27 bits per heavy atom. The fraction of sp³-hybridized carbons (Fsp3) is 0.0909. The van der Waals surface area contributed by atoms with E-state index in [4.69, 9.17) is 20.7 Å². The quantitative estimate of drug-likeness (QED) is 0.554. The highest BCUT2D eigenvalue weighted by Crippen LogP contribution is 2.13. The van der Waals surface area contributed by atoms with Gasteiger partial charge < -0.3 is 10.2 Å². The van der Waals surface area contributed by atoms with Crippen LogP contribution in [0.25, 0.3) is 6.08 Å². The van der Waals surface area contributed by atoms with Gasteiger partial charge in [0.2, 0.25) is 0 Å². The van der Waals surface area contributed by atoms with Crippen molar-refractivity contribution in [2.45, 2.75) is 6.10 Å². The summed E-state index contributed by atoms with van der Waals surface area (Å²) < 4.78 is 0. The molecule has 74 valence electrons. The zero-order valence-electron chi connectivity index (χ0n) is 7.75. The van der Waals surface area contributed by atoms with E-state index in [1.165, 1.54) is 18.2 Å². The summed E-state index contributed by atoms with van der Waals surface area (Å²) in [4.78, 5) is 0. The summed E-state index contributed by atoms with van der Waals surface area (Å²) in [6, 6.07) is 9.38. The lowest BCUT2D eigenvalue weighted by Gasteiger charge is -1.99. The van der Waals surface area contributed by atoms with Crippen LogP contribution in [0.3, 0.4) is 0 Å². The van der Waals surface area contributed by atoms with E-state index in [-0.39, 0.29) is 11.3 Å². The molecule has 0 aliphatic carbocycles. The molecule has 1 unspecified atom stereocenters. The van der Waals surface area contributed by atoms with Gasteiger partial charge in [-0.2, -0.15) is 10.5 Å². The normalized spacial score (nSPS) is 12.6. The molecule has 0 bridgehead atoms. The maximum Gasteiger partial charge on any atom is 0.175 e. The van der Waals surface area contributed by atoms with Gasteiger partial charge in [0.1, 0.15) is 5.75 Å². The Balaban J connectivity index is 3.01. The Hall–Kier alpha value is -2.30. The maximum absolute atomic E-state index is 9.13. The number of hydrogen-bond donors (Lipinski definition) is 2. The molecule has 0 aromatic heterocycles. The average Bonchev–Trinajstić information content (AvgIpc) is 2.27. The van der Waals surface area contributed by atoms with E-state index in [1.54, 1.807) is 24.3 Å². The summed E-state index contributed by atoms with van der Waals surface area (Å²) in [5.41, 5.74) is 0.613. The van der Waals surface area contributed by atoms with E-state index in [0.29, 0.717) is 5.56 Å². The first-order valence-corrected chi connectivity index (χ1v) is 4.16. The minimum Gasteiger partial charge on any atom is -0.508 e. The van der Waals surface area contributed by atoms with Crippen molar-refractivity contribution in [1.82, 2.24) is 0 Å². The Morgan fingerprint density at radius 3 is 2.33 bits per heavy atom. The van der Waals surface area contributed by atoms with Crippen molar-refractivity contribution in [2.24, 2.45) is 0 Å². The Labute approximate surface area is 86.9 Å². The number of nitriles is 2. The first-order valence-electron chi connectivity index (χ1n) is 4.16. The lowest BCUT2D eigenvalue weighted by molar-refractivity contribution is 0.271. The zero-order chi connectivity index (χ0) is 11.3. The van der Waals surface area contributed by atoms with Crippen LogP contribution in [-0.4, -0.2) is 16.3 Å². The van der Waals surface area contributed by atoms with Crippen molar-refractivity contribution in [1.29, 1.82) is 10.5 Å². The molecule has 0 saturated heterocycles. The van der Waals surface area contributed by atoms with Gasteiger partial charge in [-0.25, -0.2) is 0 Å². The molecule has 0 amide bonds.